The molecule has 0 amide bonds. The zero-order valence-electron chi connectivity index (χ0n) is 8.86. The zero-order valence-corrected chi connectivity index (χ0v) is 8.86. The van der Waals surface area contributed by atoms with E-state index in [1.165, 1.54) is 18.5 Å². The molecule has 0 saturated carbocycles. The van der Waals surface area contributed by atoms with Crippen molar-refractivity contribution in [3.05, 3.63) is 35.7 Å². The Morgan fingerprint density at radius 2 is 2.06 bits per heavy atom. The second kappa shape index (κ2) is 3.76. The van der Waals surface area contributed by atoms with Gasteiger partial charge >= 0.3 is 6.18 Å². The number of hydrogen-bond acceptors (Lipinski definition) is 3. The molecule has 2 rings (SSSR count). The summed E-state index contributed by atoms with van der Waals surface area (Å²) < 4.78 is 39.2. The van der Waals surface area contributed by atoms with Gasteiger partial charge in [-0.1, -0.05) is 0 Å². The van der Waals surface area contributed by atoms with Gasteiger partial charge in [0.25, 0.3) is 0 Å². The summed E-state index contributed by atoms with van der Waals surface area (Å²) >= 11 is 0. The minimum absolute atomic E-state index is 0.184. The first-order chi connectivity index (χ1) is 7.89. The lowest BCUT2D eigenvalue weighted by Gasteiger charge is -2.10. The van der Waals surface area contributed by atoms with Crippen molar-refractivity contribution in [1.82, 2.24) is 14.8 Å². The molecule has 2 aromatic rings. The number of rotatable bonds is 1. The van der Waals surface area contributed by atoms with Crippen molar-refractivity contribution < 1.29 is 13.2 Å². The molecule has 0 aromatic carbocycles. The minimum atomic E-state index is -4.47. The molecule has 0 aliphatic carbocycles. The molecule has 0 unspecified atom stereocenters. The monoisotopic (exact) mass is 242 g/mol. The molecule has 0 atom stereocenters. The number of alkyl halides is 3. The predicted octanol–water partition coefficient (Wildman–Crippen LogP) is 2.18. The molecule has 2 aromatic heterocycles. The van der Waals surface area contributed by atoms with Crippen LogP contribution in [-0.2, 0) is 6.18 Å². The summed E-state index contributed by atoms with van der Waals surface area (Å²) in [4.78, 5) is 3.69. The summed E-state index contributed by atoms with van der Waals surface area (Å²) in [6, 6.07) is 2.18. The van der Waals surface area contributed by atoms with E-state index in [9.17, 15) is 13.2 Å². The third kappa shape index (κ3) is 2.08. The van der Waals surface area contributed by atoms with Crippen LogP contribution in [0.15, 0.2) is 24.5 Å². The Morgan fingerprint density at radius 3 is 2.59 bits per heavy atom. The van der Waals surface area contributed by atoms with Crippen molar-refractivity contribution in [3.63, 3.8) is 0 Å². The Hall–Kier alpha value is -2.05. The summed E-state index contributed by atoms with van der Waals surface area (Å²) in [5.74, 6) is -0.0939. The highest BCUT2D eigenvalue weighted by Gasteiger charge is 2.34. The highest BCUT2D eigenvalue weighted by molar-refractivity contribution is 5.42. The number of pyridine rings is 1. The maximum Gasteiger partial charge on any atom is 0.420 e. The summed E-state index contributed by atoms with van der Waals surface area (Å²) in [6.07, 6.45) is -1.79. The number of aromatic nitrogens is 3. The molecule has 17 heavy (non-hydrogen) atoms. The van der Waals surface area contributed by atoms with Crippen LogP contribution in [0, 0.1) is 6.92 Å². The van der Waals surface area contributed by atoms with E-state index in [0.717, 1.165) is 10.7 Å². The molecule has 0 radical (unpaired) electrons. The van der Waals surface area contributed by atoms with Crippen molar-refractivity contribution >= 4 is 5.82 Å². The highest BCUT2D eigenvalue weighted by atomic mass is 19.4. The zero-order chi connectivity index (χ0) is 12.6. The number of nitrogens with zero attached hydrogens (tertiary/aromatic N) is 3. The molecule has 0 fully saturated rings. The fraction of sp³-hybridized carbons (Fsp3) is 0.200. The van der Waals surface area contributed by atoms with Crippen LogP contribution in [0.5, 0.6) is 0 Å². The third-order valence-electron chi connectivity index (χ3n) is 2.24. The summed E-state index contributed by atoms with van der Waals surface area (Å²) in [5.41, 5.74) is 5.25. The number of aryl methyl sites for hydroxylation is 1. The van der Waals surface area contributed by atoms with Crippen LogP contribution in [-0.4, -0.2) is 14.8 Å². The largest absolute Gasteiger partial charge is 0.420 e. The van der Waals surface area contributed by atoms with E-state index in [1.54, 1.807) is 6.92 Å². The van der Waals surface area contributed by atoms with E-state index in [0.29, 0.717) is 5.56 Å². The molecule has 2 heterocycles. The lowest BCUT2D eigenvalue weighted by atomic mass is 10.2. The summed E-state index contributed by atoms with van der Waals surface area (Å²) in [7, 11) is 0. The van der Waals surface area contributed by atoms with Crippen LogP contribution in [0.1, 0.15) is 11.1 Å². The maximum absolute atomic E-state index is 12.7. The third-order valence-corrected chi connectivity index (χ3v) is 2.24. The Morgan fingerprint density at radius 1 is 1.35 bits per heavy atom. The van der Waals surface area contributed by atoms with Crippen LogP contribution in [0.3, 0.4) is 0 Å². The fourth-order valence-electron chi connectivity index (χ4n) is 1.38. The molecule has 0 spiro atoms. The van der Waals surface area contributed by atoms with Gasteiger partial charge in [0.05, 0.1) is 0 Å². The van der Waals surface area contributed by atoms with Crippen LogP contribution in [0.2, 0.25) is 0 Å². The van der Waals surface area contributed by atoms with Crippen LogP contribution >= 0.6 is 0 Å². The normalized spacial score (nSPS) is 11.8. The molecule has 4 nitrogen and oxygen atoms in total. The fourth-order valence-corrected chi connectivity index (χ4v) is 1.38. The van der Waals surface area contributed by atoms with E-state index < -0.39 is 11.7 Å². The quantitative estimate of drug-likeness (QED) is 0.833. The Labute approximate surface area is 94.9 Å². The molecule has 0 aliphatic heterocycles. The van der Waals surface area contributed by atoms with Gasteiger partial charge < -0.3 is 5.73 Å². The van der Waals surface area contributed by atoms with Crippen molar-refractivity contribution in [1.29, 1.82) is 0 Å². The molecule has 7 heteroatoms. The van der Waals surface area contributed by atoms with Crippen molar-refractivity contribution in [2.75, 3.05) is 5.73 Å². The van der Waals surface area contributed by atoms with Gasteiger partial charge in [-0.25, -0.2) is 9.67 Å². The van der Waals surface area contributed by atoms with Crippen molar-refractivity contribution in [3.8, 4) is 5.82 Å². The van der Waals surface area contributed by atoms with E-state index >= 15 is 0 Å². The van der Waals surface area contributed by atoms with Gasteiger partial charge in [-0.2, -0.15) is 13.2 Å². The lowest BCUT2D eigenvalue weighted by molar-refractivity contribution is -0.137. The topological polar surface area (TPSA) is 56.7 Å². The molecule has 90 valence electrons. The Balaban J connectivity index is 2.60. The molecule has 0 saturated heterocycles. The smallest absolute Gasteiger partial charge is 0.382 e. The van der Waals surface area contributed by atoms with E-state index in [4.69, 9.17) is 5.73 Å². The molecular weight excluding hydrogens is 233 g/mol. The second-order valence-corrected chi connectivity index (χ2v) is 3.51. The molecule has 2 N–H and O–H groups in total. The van der Waals surface area contributed by atoms with Gasteiger partial charge in [-0.15, -0.1) is 5.10 Å². The molecule has 0 bridgehead atoms. The number of nitrogens with two attached hydrogens (primary N) is 1. The van der Waals surface area contributed by atoms with Crippen LogP contribution < -0.4 is 5.73 Å². The van der Waals surface area contributed by atoms with Crippen LogP contribution in [0.25, 0.3) is 5.82 Å². The lowest BCUT2D eigenvalue weighted by Crippen LogP contribution is -2.12. The number of anilines is 1. The van der Waals surface area contributed by atoms with Gasteiger partial charge in [-0.05, 0) is 19.1 Å². The number of nitrogen functional groups attached to an aromatic ring is 1. The minimum Gasteiger partial charge on any atom is -0.382 e. The van der Waals surface area contributed by atoms with Gasteiger partial charge in [0.1, 0.15) is 11.4 Å². The average Bonchev–Trinajstić information content (AvgIpc) is 2.58. The average molecular weight is 242 g/mol. The first-order valence-corrected chi connectivity index (χ1v) is 4.74. The van der Waals surface area contributed by atoms with Gasteiger partial charge in [-0.3, -0.25) is 0 Å². The Bertz CT molecular complexity index is 525. The number of halogens is 3. The standard InChI is InChI=1S/C10H9F3N4/c1-6-5-17(16-8(6)14)9-7(10(11,12)13)3-2-4-15-9/h2-5H,1H3,(H2,14,16). The SMILES string of the molecule is Cc1cn(-c2ncccc2C(F)(F)F)nc1N. The van der Waals surface area contributed by atoms with E-state index in [1.807, 2.05) is 0 Å². The van der Waals surface area contributed by atoms with Gasteiger partial charge in [0.15, 0.2) is 5.82 Å². The highest BCUT2D eigenvalue weighted by Crippen LogP contribution is 2.32. The Kier molecular flexibility index (Phi) is 2.53. The van der Waals surface area contributed by atoms with Crippen molar-refractivity contribution in [2.24, 2.45) is 0 Å². The summed E-state index contributed by atoms with van der Waals surface area (Å²) in [6.45, 7) is 1.66. The predicted molar refractivity (Wildman–Crippen MR) is 55.5 cm³/mol. The first-order valence-electron chi connectivity index (χ1n) is 4.74. The van der Waals surface area contributed by atoms with Gasteiger partial charge in [0, 0.05) is 18.0 Å². The molecule has 0 aliphatic rings. The van der Waals surface area contributed by atoms with Crippen molar-refractivity contribution in [2.45, 2.75) is 13.1 Å². The second-order valence-electron chi connectivity index (χ2n) is 3.51. The van der Waals surface area contributed by atoms with Gasteiger partial charge in [0.2, 0.25) is 0 Å². The van der Waals surface area contributed by atoms with E-state index in [2.05, 4.69) is 10.1 Å². The summed E-state index contributed by atoms with van der Waals surface area (Å²) in [5, 5.41) is 3.79. The van der Waals surface area contributed by atoms with E-state index in [-0.39, 0.29) is 11.6 Å². The van der Waals surface area contributed by atoms with Crippen LogP contribution in [0.4, 0.5) is 19.0 Å². The molecular formula is C10H9F3N4. The number of hydrogen-bond donors (Lipinski definition) is 1. The first kappa shape index (κ1) is 11.4. The maximum atomic E-state index is 12.7.